The molecule has 3 atom stereocenters. The van der Waals surface area contributed by atoms with Crippen molar-refractivity contribution in [2.24, 2.45) is 0 Å². The Bertz CT molecular complexity index is 249. The van der Waals surface area contributed by atoms with E-state index in [2.05, 4.69) is 24.1 Å². The first kappa shape index (κ1) is 12.9. The van der Waals surface area contributed by atoms with Crippen LogP contribution in [0.25, 0.3) is 0 Å². The molecule has 2 heterocycles. The van der Waals surface area contributed by atoms with E-state index in [9.17, 15) is 4.79 Å². The van der Waals surface area contributed by atoms with Gasteiger partial charge in [0.2, 0.25) is 5.91 Å². The summed E-state index contributed by atoms with van der Waals surface area (Å²) in [6.45, 7) is 5.40. The normalized spacial score (nSPS) is 35.4. The second-order valence-corrected chi connectivity index (χ2v) is 5.73. The number of rotatable bonds is 1. The van der Waals surface area contributed by atoms with Gasteiger partial charge in [0.1, 0.15) is 0 Å². The Morgan fingerprint density at radius 3 is 2.41 bits per heavy atom. The molecule has 0 saturated carbocycles. The summed E-state index contributed by atoms with van der Waals surface area (Å²) in [5.74, 6) is 0.353. The second kappa shape index (κ2) is 5.85. The van der Waals surface area contributed by atoms with Gasteiger partial charge in [0.25, 0.3) is 0 Å². The van der Waals surface area contributed by atoms with Gasteiger partial charge in [0, 0.05) is 12.1 Å². The van der Waals surface area contributed by atoms with Crippen molar-refractivity contribution in [1.29, 1.82) is 0 Å². The van der Waals surface area contributed by atoms with E-state index in [1.807, 2.05) is 0 Å². The van der Waals surface area contributed by atoms with Crippen molar-refractivity contribution in [3.05, 3.63) is 0 Å². The van der Waals surface area contributed by atoms with Crippen LogP contribution in [0.4, 0.5) is 0 Å². The van der Waals surface area contributed by atoms with Crippen LogP contribution in [0.5, 0.6) is 0 Å². The maximum atomic E-state index is 12.6. The molecule has 0 bridgehead atoms. The zero-order valence-electron chi connectivity index (χ0n) is 11.2. The van der Waals surface area contributed by atoms with Crippen molar-refractivity contribution in [1.82, 2.24) is 10.2 Å². The number of hydrogen-bond donors (Lipinski definition) is 1. The molecule has 0 aromatic rings. The van der Waals surface area contributed by atoms with Crippen LogP contribution < -0.4 is 5.32 Å². The SMILES string of the molecule is C[C@@H]1CCC[C@H](C)N1C(=O)C1CCCCCN1. The molecule has 17 heavy (non-hydrogen) atoms. The lowest BCUT2D eigenvalue weighted by atomic mass is 9.96. The van der Waals surface area contributed by atoms with E-state index in [0.29, 0.717) is 18.0 Å². The predicted octanol–water partition coefficient (Wildman–Crippen LogP) is 2.31. The summed E-state index contributed by atoms with van der Waals surface area (Å²) >= 11 is 0. The Labute approximate surface area is 105 Å². The predicted molar refractivity (Wildman–Crippen MR) is 69.9 cm³/mol. The summed E-state index contributed by atoms with van der Waals surface area (Å²) in [4.78, 5) is 14.7. The van der Waals surface area contributed by atoms with Crippen molar-refractivity contribution in [3.63, 3.8) is 0 Å². The fourth-order valence-corrected chi connectivity index (χ4v) is 3.28. The molecule has 2 rings (SSSR count). The zero-order valence-corrected chi connectivity index (χ0v) is 11.2. The van der Waals surface area contributed by atoms with Gasteiger partial charge in [-0.25, -0.2) is 0 Å². The number of amides is 1. The number of carbonyl (C=O) groups excluding carboxylic acids is 1. The highest BCUT2D eigenvalue weighted by Crippen LogP contribution is 2.24. The van der Waals surface area contributed by atoms with Crippen LogP contribution in [0, 0.1) is 0 Å². The summed E-state index contributed by atoms with van der Waals surface area (Å²) in [5, 5.41) is 3.43. The molecule has 0 aromatic heterocycles. The summed E-state index contributed by atoms with van der Waals surface area (Å²) in [7, 11) is 0. The van der Waals surface area contributed by atoms with Crippen LogP contribution in [0.15, 0.2) is 0 Å². The van der Waals surface area contributed by atoms with Crippen molar-refractivity contribution in [2.75, 3.05) is 6.54 Å². The average Bonchev–Trinajstić information content (AvgIpc) is 2.57. The number of nitrogens with zero attached hydrogens (tertiary/aromatic N) is 1. The van der Waals surface area contributed by atoms with E-state index in [4.69, 9.17) is 0 Å². The zero-order chi connectivity index (χ0) is 12.3. The number of hydrogen-bond acceptors (Lipinski definition) is 2. The maximum Gasteiger partial charge on any atom is 0.240 e. The van der Waals surface area contributed by atoms with Gasteiger partial charge in [-0.2, -0.15) is 0 Å². The van der Waals surface area contributed by atoms with E-state index in [-0.39, 0.29) is 6.04 Å². The highest BCUT2D eigenvalue weighted by molar-refractivity contribution is 5.82. The molecule has 1 amide bonds. The van der Waals surface area contributed by atoms with E-state index in [0.717, 1.165) is 13.0 Å². The minimum absolute atomic E-state index is 0.0838. The molecule has 1 N–H and O–H groups in total. The molecule has 0 aromatic carbocycles. The first-order valence-electron chi connectivity index (χ1n) is 7.25. The lowest BCUT2D eigenvalue weighted by Crippen LogP contribution is -2.54. The number of nitrogens with one attached hydrogen (secondary N) is 1. The van der Waals surface area contributed by atoms with Crippen LogP contribution in [0.3, 0.4) is 0 Å². The average molecular weight is 238 g/mol. The van der Waals surface area contributed by atoms with Gasteiger partial charge in [-0.3, -0.25) is 4.79 Å². The molecular weight excluding hydrogens is 212 g/mol. The maximum absolute atomic E-state index is 12.6. The van der Waals surface area contributed by atoms with Gasteiger partial charge < -0.3 is 10.2 Å². The van der Waals surface area contributed by atoms with E-state index < -0.39 is 0 Å². The molecular formula is C14H26N2O. The number of piperidine rings is 1. The molecule has 3 nitrogen and oxygen atoms in total. The molecule has 2 fully saturated rings. The number of carbonyl (C=O) groups is 1. The summed E-state index contributed by atoms with van der Waals surface area (Å²) in [5.41, 5.74) is 0. The molecule has 0 radical (unpaired) electrons. The minimum Gasteiger partial charge on any atom is -0.336 e. The van der Waals surface area contributed by atoms with Crippen molar-refractivity contribution >= 4 is 5.91 Å². The second-order valence-electron chi connectivity index (χ2n) is 5.73. The van der Waals surface area contributed by atoms with Crippen molar-refractivity contribution < 1.29 is 4.79 Å². The molecule has 2 aliphatic heterocycles. The summed E-state index contributed by atoms with van der Waals surface area (Å²) < 4.78 is 0. The van der Waals surface area contributed by atoms with Crippen LogP contribution in [0.1, 0.15) is 58.8 Å². The topological polar surface area (TPSA) is 32.3 Å². The Morgan fingerprint density at radius 2 is 1.71 bits per heavy atom. The lowest BCUT2D eigenvalue weighted by molar-refractivity contribution is -0.139. The summed E-state index contributed by atoms with van der Waals surface area (Å²) in [6, 6.07) is 0.938. The third kappa shape index (κ3) is 3.01. The Kier molecular flexibility index (Phi) is 4.43. The molecule has 0 aliphatic carbocycles. The minimum atomic E-state index is 0.0838. The van der Waals surface area contributed by atoms with Crippen LogP contribution in [-0.4, -0.2) is 35.5 Å². The quantitative estimate of drug-likeness (QED) is 0.760. The van der Waals surface area contributed by atoms with Crippen LogP contribution >= 0.6 is 0 Å². The molecule has 3 heteroatoms. The third-order valence-electron chi connectivity index (χ3n) is 4.31. The van der Waals surface area contributed by atoms with Gasteiger partial charge >= 0.3 is 0 Å². The highest BCUT2D eigenvalue weighted by atomic mass is 16.2. The largest absolute Gasteiger partial charge is 0.336 e. The van der Waals surface area contributed by atoms with Crippen molar-refractivity contribution in [3.8, 4) is 0 Å². The van der Waals surface area contributed by atoms with Gasteiger partial charge in [0.05, 0.1) is 6.04 Å². The lowest BCUT2D eigenvalue weighted by Gasteiger charge is -2.41. The molecule has 2 saturated heterocycles. The third-order valence-corrected chi connectivity index (χ3v) is 4.31. The summed E-state index contributed by atoms with van der Waals surface area (Å²) in [6.07, 6.45) is 8.31. The fraction of sp³-hybridized carbons (Fsp3) is 0.929. The van der Waals surface area contributed by atoms with E-state index in [1.165, 1.54) is 38.5 Å². The smallest absolute Gasteiger partial charge is 0.240 e. The molecule has 98 valence electrons. The standard InChI is InChI=1S/C14H26N2O/c1-11-7-6-8-12(2)16(11)14(17)13-9-4-3-5-10-15-13/h11-13,15H,3-10H2,1-2H3/t11-,12+,13?. The van der Waals surface area contributed by atoms with Gasteiger partial charge in [0.15, 0.2) is 0 Å². The molecule has 0 spiro atoms. The first-order valence-corrected chi connectivity index (χ1v) is 7.25. The van der Waals surface area contributed by atoms with Gasteiger partial charge in [-0.15, -0.1) is 0 Å². The van der Waals surface area contributed by atoms with Gasteiger partial charge in [-0.05, 0) is 52.5 Å². The Balaban J connectivity index is 2.01. The molecule has 1 unspecified atom stereocenters. The molecule has 2 aliphatic rings. The van der Waals surface area contributed by atoms with Gasteiger partial charge in [-0.1, -0.05) is 12.8 Å². The van der Waals surface area contributed by atoms with Crippen LogP contribution in [0.2, 0.25) is 0 Å². The number of likely N-dealkylation sites (tertiary alicyclic amines) is 1. The first-order chi connectivity index (χ1) is 8.20. The highest BCUT2D eigenvalue weighted by Gasteiger charge is 2.33. The monoisotopic (exact) mass is 238 g/mol. The Morgan fingerprint density at radius 1 is 1.00 bits per heavy atom. The van der Waals surface area contributed by atoms with Crippen molar-refractivity contribution in [2.45, 2.75) is 76.9 Å². The van der Waals surface area contributed by atoms with E-state index in [1.54, 1.807) is 0 Å². The Hall–Kier alpha value is -0.570. The fourth-order valence-electron chi connectivity index (χ4n) is 3.28. The van der Waals surface area contributed by atoms with Crippen LogP contribution in [-0.2, 0) is 4.79 Å². The van der Waals surface area contributed by atoms with E-state index >= 15 is 0 Å².